The first kappa shape index (κ1) is 5.20. The third-order valence-corrected chi connectivity index (χ3v) is 2.60. The van der Waals surface area contributed by atoms with E-state index in [1.165, 1.54) is 0 Å². The van der Waals surface area contributed by atoms with Gasteiger partial charge in [0.05, 0.1) is 4.11 Å². The van der Waals surface area contributed by atoms with E-state index in [2.05, 4.69) is 0 Å². The molecule has 1 aromatic heterocycles. The van der Waals surface area contributed by atoms with E-state index in [4.69, 9.17) is 4.11 Å². The van der Waals surface area contributed by atoms with Crippen LogP contribution in [0.3, 0.4) is 0 Å². The van der Waals surface area contributed by atoms with Crippen LogP contribution in [0.1, 0.15) is 4.11 Å². The Hall–Kier alpha value is -1.76. The molecule has 0 spiro atoms. The minimum absolute atomic E-state index is 0.338. The second kappa shape index (κ2) is 2.61. The topological polar surface area (TPSA) is 4.93 Å². The van der Waals surface area contributed by atoms with E-state index in [0.717, 1.165) is 21.8 Å². The lowest BCUT2D eigenvalue weighted by Crippen LogP contribution is -1.84. The standard InChI is InChI=1S/C13H11N/c1-14-12-8-4-2-6-10(12)11-7-3-5-9-13(11)14/h2-9H,1H3/i2D,3D,8D. The molecule has 0 saturated heterocycles. The molecule has 0 unspecified atom stereocenters. The summed E-state index contributed by atoms with van der Waals surface area (Å²) in [6, 6.07) is 9.87. The van der Waals surface area contributed by atoms with Crippen molar-refractivity contribution in [3.05, 3.63) is 48.5 Å². The molecule has 14 heavy (non-hydrogen) atoms. The van der Waals surface area contributed by atoms with Gasteiger partial charge < -0.3 is 4.57 Å². The Kier molecular flexibility index (Phi) is 0.971. The van der Waals surface area contributed by atoms with Gasteiger partial charge in [-0.15, -0.1) is 0 Å². The summed E-state index contributed by atoms with van der Waals surface area (Å²) in [7, 11) is 1.91. The maximum Gasteiger partial charge on any atom is 0.0645 e. The summed E-state index contributed by atoms with van der Waals surface area (Å²) in [5.74, 6) is 0. The van der Waals surface area contributed by atoms with Crippen molar-refractivity contribution in [1.82, 2.24) is 4.57 Å². The lowest BCUT2D eigenvalue weighted by molar-refractivity contribution is 1.01. The van der Waals surface area contributed by atoms with E-state index >= 15 is 0 Å². The van der Waals surface area contributed by atoms with Gasteiger partial charge in [-0.1, -0.05) is 36.4 Å². The molecule has 0 radical (unpaired) electrons. The van der Waals surface area contributed by atoms with Gasteiger partial charge >= 0.3 is 0 Å². The molecule has 1 heterocycles. The summed E-state index contributed by atoms with van der Waals surface area (Å²) < 4.78 is 25.2. The number of benzene rings is 2. The Morgan fingerprint density at radius 2 is 1.71 bits per heavy atom. The predicted octanol–water partition coefficient (Wildman–Crippen LogP) is 3.33. The Bertz CT molecular complexity index is 743. The van der Waals surface area contributed by atoms with Gasteiger partial charge in [0.1, 0.15) is 0 Å². The van der Waals surface area contributed by atoms with E-state index < -0.39 is 0 Å². The fraction of sp³-hybridized carbons (Fsp3) is 0.0769. The van der Waals surface area contributed by atoms with Crippen LogP contribution in [0.4, 0.5) is 0 Å². The molecule has 0 aliphatic carbocycles. The zero-order valence-corrected chi connectivity index (χ0v) is 7.83. The average Bonchev–Trinajstić information content (AvgIpc) is 2.52. The summed E-state index contributed by atoms with van der Waals surface area (Å²) >= 11 is 0. The molecular weight excluding hydrogens is 170 g/mol. The number of fused-ring (bicyclic) bond motifs is 3. The molecule has 3 rings (SSSR count). The molecule has 0 aliphatic rings. The SMILES string of the molecule is [2H]c1ccc2c(c1)c1cc([2H])cc([2H])c1n2C. The van der Waals surface area contributed by atoms with Crippen LogP contribution in [-0.4, -0.2) is 4.57 Å². The van der Waals surface area contributed by atoms with Crippen molar-refractivity contribution in [2.24, 2.45) is 7.05 Å². The number of para-hydroxylation sites is 2. The highest BCUT2D eigenvalue weighted by Crippen LogP contribution is 2.26. The number of hydrogen-bond acceptors (Lipinski definition) is 0. The summed E-state index contributed by atoms with van der Waals surface area (Å²) in [6.45, 7) is 0. The van der Waals surface area contributed by atoms with Crippen LogP contribution < -0.4 is 0 Å². The first-order valence-electron chi connectivity index (χ1n) is 6.04. The minimum atomic E-state index is 0.338. The lowest BCUT2D eigenvalue weighted by Gasteiger charge is -1.95. The maximum absolute atomic E-state index is 7.94. The van der Waals surface area contributed by atoms with E-state index in [9.17, 15) is 0 Å². The molecule has 0 N–H and O–H groups in total. The van der Waals surface area contributed by atoms with Crippen LogP contribution in [0.25, 0.3) is 21.8 Å². The van der Waals surface area contributed by atoms with Gasteiger partial charge in [-0.05, 0) is 12.1 Å². The van der Waals surface area contributed by atoms with Crippen molar-refractivity contribution >= 4 is 21.8 Å². The largest absolute Gasteiger partial charge is 0.344 e. The number of aryl methyl sites for hydroxylation is 1. The van der Waals surface area contributed by atoms with Crippen LogP contribution in [0, 0.1) is 0 Å². The zero-order valence-electron chi connectivity index (χ0n) is 10.8. The van der Waals surface area contributed by atoms with E-state index in [-0.39, 0.29) is 0 Å². The third kappa shape index (κ3) is 0.841. The van der Waals surface area contributed by atoms with E-state index in [0.29, 0.717) is 18.1 Å². The molecular formula is C13H11N. The average molecular weight is 184 g/mol. The Labute approximate surface area is 86.8 Å². The van der Waals surface area contributed by atoms with Gasteiger partial charge in [-0.25, -0.2) is 0 Å². The van der Waals surface area contributed by atoms with Gasteiger partial charge in [0, 0.05) is 28.9 Å². The molecule has 0 bridgehead atoms. The molecule has 3 aromatic rings. The third-order valence-electron chi connectivity index (χ3n) is 2.60. The van der Waals surface area contributed by atoms with Crippen LogP contribution in [-0.2, 0) is 7.05 Å². The fourth-order valence-electron chi connectivity index (χ4n) is 1.91. The Balaban J connectivity index is 2.64. The Morgan fingerprint density at radius 1 is 1.00 bits per heavy atom. The van der Waals surface area contributed by atoms with Crippen molar-refractivity contribution in [2.45, 2.75) is 0 Å². The van der Waals surface area contributed by atoms with Gasteiger partial charge in [0.2, 0.25) is 0 Å². The number of rotatable bonds is 0. The fourth-order valence-corrected chi connectivity index (χ4v) is 1.91. The van der Waals surface area contributed by atoms with Crippen molar-refractivity contribution < 1.29 is 4.11 Å². The van der Waals surface area contributed by atoms with Crippen molar-refractivity contribution in [2.75, 3.05) is 0 Å². The lowest BCUT2D eigenvalue weighted by atomic mass is 10.2. The second-order valence-corrected chi connectivity index (χ2v) is 3.36. The molecule has 0 saturated carbocycles. The Morgan fingerprint density at radius 3 is 2.57 bits per heavy atom. The molecule has 0 fully saturated rings. The predicted molar refractivity (Wildman–Crippen MR) is 60.4 cm³/mol. The number of nitrogens with zero attached hydrogens (tertiary/aromatic N) is 1. The number of aromatic nitrogens is 1. The summed E-state index contributed by atoms with van der Waals surface area (Å²) in [4.78, 5) is 0. The quantitative estimate of drug-likeness (QED) is 0.505. The van der Waals surface area contributed by atoms with Crippen LogP contribution in [0.2, 0.25) is 0 Å². The van der Waals surface area contributed by atoms with Crippen molar-refractivity contribution in [3.63, 3.8) is 0 Å². The van der Waals surface area contributed by atoms with Gasteiger partial charge in [0.25, 0.3) is 0 Å². The normalized spacial score (nSPS) is 14.2. The molecule has 1 nitrogen and oxygen atoms in total. The van der Waals surface area contributed by atoms with Gasteiger partial charge in [0.15, 0.2) is 0 Å². The molecule has 0 atom stereocenters. The number of hydrogen-bond donors (Lipinski definition) is 0. The summed E-state index contributed by atoms with van der Waals surface area (Å²) in [5.41, 5.74) is 1.82. The smallest absolute Gasteiger partial charge is 0.0645 e. The molecule has 0 amide bonds. The van der Waals surface area contributed by atoms with Gasteiger partial charge in [-0.2, -0.15) is 0 Å². The highest BCUT2D eigenvalue weighted by molar-refractivity contribution is 6.07. The molecule has 0 aliphatic heterocycles. The highest BCUT2D eigenvalue weighted by Gasteiger charge is 2.04. The zero-order chi connectivity index (χ0) is 12.2. The van der Waals surface area contributed by atoms with Gasteiger partial charge in [-0.3, -0.25) is 0 Å². The van der Waals surface area contributed by atoms with Crippen molar-refractivity contribution in [1.29, 1.82) is 0 Å². The maximum atomic E-state index is 7.94. The van der Waals surface area contributed by atoms with Crippen LogP contribution >= 0.6 is 0 Å². The van der Waals surface area contributed by atoms with Crippen LogP contribution in [0.5, 0.6) is 0 Å². The second-order valence-electron chi connectivity index (χ2n) is 3.36. The van der Waals surface area contributed by atoms with E-state index in [1.807, 2.05) is 17.7 Å². The first-order chi connectivity index (χ1) is 8.08. The van der Waals surface area contributed by atoms with Crippen molar-refractivity contribution in [3.8, 4) is 0 Å². The first-order valence-corrected chi connectivity index (χ1v) is 4.54. The minimum Gasteiger partial charge on any atom is -0.344 e. The van der Waals surface area contributed by atoms with Crippen LogP contribution in [0.15, 0.2) is 48.5 Å². The highest BCUT2D eigenvalue weighted by atomic mass is 14.9. The summed E-state index contributed by atoms with van der Waals surface area (Å²) in [5, 5.41) is 1.83. The summed E-state index contributed by atoms with van der Waals surface area (Å²) in [6.07, 6.45) is 0. The molecule has 68 valence electrons. The monoisotopic (exact) mass is 184 g/mol. The molecule has 2 aromatic carbocycles. The van der Waals surface area contributed by atoms with E-state index in [1.54, 1.807) is 24.3 Å². The molecule has 1 heteroatoms.